The van der Waals surface area contributed by atoms with Crippen LogP contribution in [0.15, 0.2) is 30.6 Å². The van der Waals surface area contributed by atoms with E-state index in [0.29, 0.717) is 0 Å². The van der Waals surface area contributed by atoms with Gasteiger partial charge in [-0.1, -0.05) is 6.07 Å². The summed E-state index contributed by atoms with van der Waals surface area (Å²) >= 11 is 0. The van der Waals surface area contributed by atoms with E-state index in [9.17, 15) is 9.59 Å². The van der Waals surface area contributed by atoms with E-state index >= 15 is 0 Å². The van der Waals surface area contributed by atoms with Gasteiger partial charge in [-0.2, -0.15) is 4.57 Å². The molecule has 0 aliphatic heterocycles. The molecule has 4 heteroatoms. The first-order valence-corrected chi connectivity index (χ1v) is 4.38. The van der Waals surface area contributed by atoms with Gasteiger partial charge in [0.1, 0.15) is 0 Å². The lowest BCUT2D eigenvalue weighted by atomic mass is 10.4. The predicted octanol–water partition coefficient (Wildman–Crippen LogP) is 0.106. The highest BCUT2D eigenvalue weighted by atomic mass is 16.5. The van der Waals surface area contributed by atoms with Crippen LogP contribution in [0.25, 0.3) is 0 Å². The number of carbonyl (C=O) groups excluding carboxylic acids is 2. The molecule has 0 aliphatic rings. The third-order valence-corrected chi connectivity index (χ3v) is 1.61. The normalized spacial score (nSPS) is 9.50. The summed E-state index contributed by atoms with van der Waals surface area (Å²) in [5.41, 5.74) is 0. The van der Waals surface area contributed by atoms with Gasteiger partial charge in [0, 0.05) is 12.1 Å². The molecule has 0 spiro atoms. The average Bonchev–Trinajstić information content (AvgIpc) is 2.19. The smallest absolute Gasteiger partial charge is 0.381 e. The van der Waals surface area contributed by atoms with Crippen LogP contribution >= 0.6 is 0 Å². The highest BCUT2D eigenvalue weighted by molar-refractivity contribution is 6.33. The van der Waals surface area contributed by atoms with Crippen LogP contribution in [0.2, 0.25) is 0 Å². The lowest BCUT2D eigenvalue weighted by Crippen LogP contribution is -2.40. The van der Waals surface area contributed by atoms with E-state index in [1.54, 1.807) is 36.0 Å². The Balaban J connectivity index is 2.53. The van der Waals surface area contributed by atoms with Gasteiger partial charge in [-0.15, -0.1) is 0 Å². The molecule has 0 fully saturated rings. The number of nitrogens with zero attached hydrogens (tertiary/aromatic N) is 1. The van der Waals surface area contributed by atoms with Crippen LogP contribution in [0.4, 0.5) is 0 Å². The summed E-state index contributed by atoms with van der Waals surface area (Å²) in [6.45, 7) is 1.92. The van der Waals surface area contributed by atoms with Crippen LogP contribution in [0.5, 0.6) is 0 Å². The van der Waals surface area contributed by atoms with E-state index in [2.05, 4.69) is 4.74 Å². The third-order valence-electron chi connectivity index (χ3n) is 1.61. The van der Waals surface area contributed by atoms with Gasteiger partial charge in [0.25, 0.3) is 0 Å². The van der Waals surface area contributed by atoms with Crippen molar-refractivity contribution in [3.63, 3.8) is 0 Å². The lowest BCUT2D eigenvalue weighted by molar-refractivity contribution is -0.683. The van der Waals surface area contributed by atoms with E-state index in [1.807, 2.05) is 6.07 Å². The molecule has 0 radical (unpaired) electrons. The molecular weight excluding hydrogens is 182 g/mol. The van der Waals surface area contributed by atoms with Gasteiger partial charge in [0.15, 0.2) is 12.4 Å². The number of rotatable bonds is 4. The van der Waals surface area contributed by atoms with Gasteiger partial charge in [0.05, 0.1) is 6.61 Å². The van der Waals surface area contributed by atoms with Gasteiger partial charge < -0.3 is 4.74 Å². The fourth-order valence-corrected chi connectivity index (χ4v) is 0.982. The monoisotopic (exact) mass is 194 g/mol. The van der Waals surface area contributed by atoms with Gasteiger partial charge in [0.2, 0.25) is 6.54 Å². The molecular formula is C10H12NO3+. The van der Waals surface area contributed by atoms with E-state index in [-0.39, 0.29) is 13.2 Å². The minimum absolute atomic E-state index is 0.0275. The molecule has 0 atom stereocenters. The van der Waals surface area contributed by atoms with Crippen LogP contribution in [0, 0.1) is 0 Å². The van der Waals surface area contributed by atoms with Crippen molar-refractivity contribution < 1.29 is 18.9 Å². The summed E-state index contributed by atoms with van der Waals surface area (Å²) in [6, 6.07) is 5.42. The van der Waals surface area contributed by atoms with Crippen LogP contribution in [-0.4, -0.2) is 18.4 Å². The number of carbonyl (C=O) groups is 2. The Morgan fingerprint density at radius 1 is 1.21 bits per heavy atom. The van der Waals surface area contributed by atoms with Crippen molar-refractivity contribution in [3.8, 4) is 0 Å². The Bertz CT molecular complexity index is 321. The Hall–Kier alpha value is -1.71. The molecule has 4 nitrogen and oxygen atoms in total. The molecule has 0 aromatic carbocycles. The van der Waals surface area contributed by atoms with Crippen molar-refractivity contribution in [2.75, 3.05) is 6.61 Å². The molecule has 0 saturated carbocycles. The molecule has 1 aromatic rings. The SMILES string of the molecule is CCOC(=O)C(=O)C[n+]1ccccc1. The standard InChI is InChI=1S/C10H12NO3/c1-2-14-10(13)9(12)8-11-6-4-3-5-7-11/h3-7H,2,8H2,1H3/q+1. The maximum Gasteiger partial charge on any atom is 0.381 e. The number of esters is 1. The molecule has 0 amide bonds. The topological polar surface area (TPSA) is 47.3 Å². The maximum absolute atomic E-state index is 11.2. The zero-order valence-corrected chi connectivity index (χ0v) is 7.97. The largest absolute Gasteiger partial charge is 0.460 e. The van der Waals surface area contributed by atoms with E-state index < -0.39 is 11.8 Å². The molecule has 1 aromatic heterocycles. The van der Waals surface area contributed by atoms with E-state index in [1.165, 1.54) is 0 Å². The molecule has 1 rings (SSSR count). The van der Waals surface area contributed by atoms with E-state index in [4.69, 9.17) is 0 Å². The number of aromatic nitrogens is 1. The van der Waals surface area contributed by atoms with Gasteiger partial charge in [-0.25, -0.2) is 4.79 Å². The predicted molar refractivity (Wildman–Crippen MR) is 48.3 cm³/mol. The van der Waals surface area contributed by atoms with Gasteiger partial charge in [-0.05, 0) is 6.92 Å². The molecule has 0 bridgehead atoms. The molecule has 74 valence electrons. The Labute approximate surface area is 82.1 Å². The second-order valence-corrected chi connectivity index (χ2v) is 2.69. The molecule has 0 aliphatic carbocycles. The highest BCUT2D eigenvalue weighted by Crippen LogP contribution is 1.83. The first-order valence-electron chi connectivity index (χ1n) is 4.38. The van der Waals surface area contributed by atoms with Crippen molar-refractivity contribution in [2.24, 2.45) is 0 Å². The summed E-state index contributed by atoms with van der Waals surface area (Å²) in [7, 11) is 0. The van der Waals surface area contributed by atoms with Crippen LogP contribution in [0.3, 0.4) is 0 Å². The summed E-state index contributed by atoms with van der Waals surface area (Å²) in [6.07, 6.45) is 3.44. The zero-order valence-electron chi connectivity index (χ0n) is 7.97. The number of pyridine rings is 1. The quantitative estimate of drug-likeness (QED) is 0.388. The number of ether oxygens (including phenoxy) is 1. The minimum atomic E-state index is -0.774. The summed E-state index contributed by atoms with van der Waals surface area (Å²) in [5, 5.41) is 0. The Morgan fingerprint density at radius 2 is 1.86 bits per heavy atom. The van der Waals surface area contributed by atoms with Gasteiger partial charge in [-0.3, -0.25) is 4.79 Å². The summed E-state index contributed by atoms with van der Waals surface area (Å²) < 4.78 is 6.20. The second kappa shape index (κ2) is 5.11. The first kappa shape index (κ1) is 10.4. The van der Waals surface area contributed by atoms with Crippen molar-refractivity contribution in [1.82, 2.24) is 0 Å². The van der Waals surface area contributed by atoms with Crippen LogP contribution in [0.1, 0.15) is 6.92 Å². The Kier molecular flexibility index (Phi) is 3.79. The van der Waals surface area contributed by atoms with Crippen molar-refractivity contribution >= 4 is 11.8 Å². The number of hydrogen-bond donors (Lipinski definition) is 0. The van der Waals surface area contributed by atoms with Crippen molar-refractivity contribution in [2.45, 2.75) is 13.5 Å². The average molecular weight is 194 g/mol. The minimum Gasteiger partial charge on any atom is -0.460 e. The molecule has 0 N–H and O–H groups in total. The van der Waals surface area contributed by atoms with Crippen molar-refractivity contribution in [3.05, 3.63) is 30.6 Å². The molecule has 14 heavy (non-hydrogen) atoms. The molecule has 0 unspecified atom stereocenters. The lowest BCUT2D eigenvalue weighted by Gasteiger charge is -1.97. The fraction of sp³-hybridized carbons (Fsp3) is 0.300. The number of hydrogen-bond acceptors (Lipinski definition) is 3. The van der Waals surface area contributed by atoms with Crippen molar-refractivity contribution in [1.29, 1.82) is 0 Å². The van der Waals surface area contributed by atoms with E-state index in [0.717, 1.165) is 0 Å². The summed E-state index contributed by atoms with van der Waals surface area (Å²) in [4.78, 5) is 22.2. The Morgan fingerprint density at radius 3 is 2.43 bits per heavy atom. The van der Waals surface area contributed by atoms with Gasteiger partial charge >= 0.3 is 11.8 Å². The molecule has 0 saturated heterocycles. The first-order chi connectivity index (χ1) is 6.74. The fourth-order valence-electron chi connectivity index (χ4n) is 0.982. The maximum atomic E-state index is 11.2. The zero-order chi connectivity index (χ0) is 10.4. The molecule has 1 heterocycles. The number of Topliss-reactive ketones (excluding diaryl/α,β-unsaturated/α-hetero) is 1. The van der Waals surface area contributed by atoms with Crippen LogP contribution in [-0.2, 0) is 20.9 Å². The third kappa shape index (κ3) is 2.97. The second-order valence-electron chi connectivity index (χ2n) is 2.69. The van der Waals surface area contributed by atoms with Crippen LogP contribution < -0.4 is 4.57 Å². The summed E-state index contributed by atoms with van der Waals surface area (Å²) in [5.74, 6) is -1.31. The highest BCUT2D eigenvalue weighted by Gasteiger charge is 2.19. The number of ketones is 1.